The molecule has 0 rings (SSSR count). The highest BCUT2D eigenvalue weighted by Gasteiger charge is 1.96. The quantitative estimate of drug-likeness (QED) is 0.375. The Kier molecular flexibility index (Phi) is 5.17. The number of aliphatic imine (C=N–C) groups is 1. The Bertz CT molecular complexity index is 176. The van der Waals surface area contributed by atoms with E-state index in [1.165, 1.54) is 11.9 Å². The number of hydrogen-bond acceptors (Lipinski definition) is 1. The van der Waals surface area contributed by atoms with E-state index in [0.29, 0.717) is 5.92 Å². The monoisotopic (exact) mass is 152 g/mol. The summed E-state index contributed by atoms with van der Waals surface area (Å²) in [5.74, 6) is 0.495. The van der Waals surface area contributed by atoms with Crippen LogP contribution in [0.15, 0.2) is 28.9 Å². The van der Waals surface area contributed by atoms with Crippen molar-refractivity contribution in [1.82, 2.24) is 0 Å². The van der Waals surface area contributed by atoms with Crippen LogP contribution in [0.3, 0.4) is 0 Å². The van der Waals surface area contributed by atoms with Gasteiger partial charge in [-0.05, 0) is 18.4 Å². The molecular formula is C9H16N2. The Morgan fingerprint density at radius 3 is 2.45 bits per heavy atom. The average molecular weight is 152 g/mol. The summed E-state index contributed by atoms with van der Waals surface area (Å²) in [7, 11) is 0. The minimum Gasteiger partial charge on any atom is -0.390 e. The molecule has 0 atom stereocenters. The van der Waals surface area contributed by atoms with Crippen LogP contribution in [0.4, 0.5) is 0 Å². The molecule has 0 aromatic rings. The predicted octanol–water partition coefficient (Wildman–Crippen LogP) is 2.09. The lowest BCUT2D eigenvalue weighted by molar-refractivity contribution is 0.788. The summed E-state index contributed by atoms with van der Waals surface area (Å²) in [6, 6.07) is 0. The summed E-state index contributed by atoms with van der Waals surface area (Å²) in [6.07, 6.45) is 7.12. The van der Waals surface area contributed by atoms with Crippen LogP contribution in [0.5, 0.6) is 0 Å². The second kappa shape index (κ2) is 5.71. The lowest BCUT2D eigenvalue weighted by atomic mass is 10.0. The fraction of sp³-hybridized carbons (Fsp3) is 0.444. The highest BCUT2D eigenvalue weighted by atomic mass is 14.8. The van der Waals surface area contributed by atoms with Crippen molar-refractivity contribution in [2.75, 3.05) is 0 Å². The first-order valence-electron chi connectivity index (χ1n) is 3.78. The van der Waals surface area contributed by atoms with Crippen molar-refractivity contribution in [3.05, 3.63) is 23.9 Å². The van der Waals surface area contributed by atoms with E-state index in [2.05, 4.69) is 18.8 Å². The maximum Gasteiger partial charge on any atom is 0.0852 e. The van der Waals surface area contributed by atoms with Crippen molar-refractivity contribution in [2.45, 2.75) is 20.8 Å². The molecule has 62 valence electrons. The third kappa shape index (κ3) is 4.37. The lowest BCUT2D eigenvalue weighted by Gasteiger charge is -2.02. The van der Waals surface area contributed by atoms with E-state index < -0.39 is 0 Å². The zero-order valence-electron chi connectivity index (χ0n) is 7.41. The number of allylic oxidation sites excluding steroid dienone is 3. The molecule has 0 heterocycles. The van der Waals surface area contributed by atoms with Gasteiger partial charge >= 0.3 is 0 Å². The summed E-state index contributed by atoms with van der Waals surface area (Å²) < 4.78 is 0. The van der Waals surface area contributed by atoms with E-state index >= 15 is 0 Å². The molecule has 0 bridgehead atoms. The van der Waals surface area contributed by atoms with Crippen molar-refractivity contribution in [3.8, 4) is 0 Å². The number of hydrogen-bond donors (Lipinski definition) is 1. The molecule has 0 radical (unpaired) electrons. The molecule has 0 unspecified atom stereocenters. The largest absolute Gasteiger partial charge is 0.390 e. The highest BCUT2D eigenvalue weighted by Crippen LogP contribution is 2.10. The van der Waals surface area contributed by atoms with Crippen LogP contribution < -0.4 is 5.73 Å². The van der Waals surface area contributed by atoms with Crippen LogP contribution in [0, 0.1) is 5.92 Å². The normalized spacial score (nSPS) is 14.0. The third-order valence-corrected chi connectivity index (χ3v) is 1.34. The van der Waals surface area contributed by atoms with E-state index in [-0.39, 0.29) is 0 Å². The van der Waals surface area contributed by atoms with E-state index in [4.69, 9.17) is 5.73 Å². The number of nitrogens with two attached hydrogens (primary N) is 1. The molecule has 0 aliphatic rings. The fourth-order valence-corrected chi connectivity index (χ4v) is 0.706. The Hall–Kier alpha value is -1.05. The summed E-state index contributed by atoms with van der Waals surface area (Å²) in [6.45, 7) is 6.23. The molecule has 0 saturated heterocycles. The van der Waals surface area contributed by atoms with Gasteiger partial charge in [-0.1, -0.05) is 26.0 Å². The van der Waals surface area contributed by atoms with E-state index in [9.17, 15) is 0 Å². The number of nitrogens with zero attached hydrogens (tertiary/aromatic N) is 1. The van der Waals surface area contributed by atoms with E-state index in [0.717, 1.165) is 0 Å². The van der Waals surface area contributed by atoms with Crippen LogP contribution >= 0.6 is 0 Å². The lowest BCUT2D eigenvalue weighted by Crippen LogP contribution is -1.91. The van der Waals surface area contributed by atoms with Crippen LogP contribution in [-0.4, -0.2) is 6.34 Å². The Labute approximate surface area is 68.5 Å². The van der Waals surface area contributed by atoms with Crippen molar-refractivity contribution >= 4 is 6.34 Å². The molecule has 0 aromatic carbocycles. The molecular weight excluding hydrogens is 136 g/mol. The Balaban J connectivity index is 4.32. The molecule has 0 saturated carbocycles. The van der Waals surface area contributed by atoms with Crippen molar-refractivity contribution < 1.29 is 0 Å². The molecule has 2 heteroatoms. The van der Waals surface area contributed by atoms with Gasteiger partial charge in [0.05, 0.1) is 6.34 Å². The zero-order valence-corrected chi connectivity index (χ0v) is 7.41. The molecule has 0 amide bonds. The summed E-state index contributed by atoms with van der Waals surface area (Å²) in [5, 5.41) is 0. The van der Waals surface area contributed by atoms with Crippen LogP contribution in [0.1, 0.15) is 20.8 Å². The molecule has 2 N–H and O–H groups in total. The van der Waals surface area contributed by atoms with Gasteiger partial charge < -0.3 is 5.73 Å². The van der Waals surface area contributed by atoms with E-state index in [1.807, 2.05) is 19.1 Å². The Morgan fingerprint density at radius 2 is 2.09 bits per heavy atom. The van der Waals surface area contributed by atoms with Gasteiger partial charge in [0.2, 0.25) is 0 Å². The molecule has 2 nitrogen and oxygen atoms in total. The standard InChI is InChI=1S/C9H16N2/c1-4-5-9(8(2)3)6-11-7-10/h4-8H,1-3H3,(H2,10,11)/b5-4-,9-6+. The van der Waals surface area contributed by atoms with Gasteiger partial charge in [0.25, 0.3) is 0 Å². The predicted molar refractivity (Wildman–Crippen MR) is 50.4 cm³/mol. The van der Waals surface area contributed by atoms with Crippen molar-refractivity contribution in [2.24, 2.45) is 16.6 Å². The van der Waals surface area contributed by atoms with Crippen LogP contribution in [0.25, 0.3) is 0 Å². The summed E-state index contributed by atoms with van der Waals surface area (Å²) in [4.78, 5) is 3.85. The zero-order chi connectivity index (χ0) is 8.69. The topological polar surface area (TPSA) is 38.4 Å². The summed E-state index contributed by atoms with van der Waals surface area (Å²) in [5.41, 5.74) is 6.30. The van der Waals surface area contributed by atoms with Gasteiger partial charge in [-0.15, -0.1) is 0 Å². The molecule has 0 aliphatic carbocycles. The second-order valence-corrected chi connectivity index (χ2v) is 2.58. The van der Waals surface area contributed by atoms with Crippen LogP contribution in [0.2, 0.25) is 0 Å². The molecule has 0 aliphatic heterocycles. The molecule has 0 aromatic heterocycles. The van der Waals surface area contributed by atoms with Crippen molar-refractivity contribution in [3.63, 3.8) is 0 Å². The highest BCUT2D eigenvalue weighted by molar-refractivity contribution is 5.52. The first-order chi connectivity index (χ1) is 5.22. The maximum atomic E-state index is 5.11. The molecule has 0 fully saturated rings. The first kappa shape index (κ1) is 9.95. The first-order valence-corrected chi connectivity index (χ1v) is 3.78. The van der Waals surface area contributed by atoms with E-state index in [1.54, 1.807) is 6.20 Å². The maximum absolute atomic E-state index is 5.11. The van der Waals surface area contributed by atoms with Crippen LogP contribution in [-0.2, 0) is 0 Å². The van der Waals surface area contributed by atoms with Gasteiger partial charge in [0, 0.05) is 6.20 Å². The van der Waals surface area contributed by atoms with Gasteiger partial charge in [-0.3, -0.25) is 0 Å². The smallest absolute Gasteiger partial charge is 0.0852 e. The minimum atomic E-state index is 0.495. The third-order valence-electron chi connectivity index (χ3n) is 1.34. The van der Waals surface area contributed by atoms with Gasteiger partial charge in [0.1, 0.15) is 0 Å². The SMILES string of the molecule is C\C=C/C(=C\N=C/N)C(C)C. The van der Waals surface area contributed by atoms with Crippen molar-refractivity contribution in [1.29, 1.82) is 0 Å². The van der Waals surface area contributed by atoms with Gasteiger partial charge in [0.15, 0.2) is 0 Å². The minimum absolute atomic E-state index is 0.495. The fourth-order valence-electron chi connectivity index (χ4n) is 0.706. The second-order valence-electron chi connectivity index (χ2n) is 2.58. The number of rotatable bonds is 3. The molecule has 11 heavy (non-hydrogen) atoms. The Morgan fingerprint density at radius 1 is 1.45 bits per heavy atom. The average Bonchev–Trinajstić information content (AvgIpc) is 1.97. The summed E-state index contributed by atoms with van der Waals surface area (Å²) >= 11 is 0. The molecule has 0 spiro atoms. The van der Waals surface area contributed by atoms with Gasteiger partial charge in [-0.25, -0.2) is 4.99 Å². The van der Waals surface area contributed by atoms with Gasteiger partial charge in [-0.2, -0.15) is 0 Å².